The van der Waals surface area contributed by atoms with E-state index in [-0.39, 0.29) is 5.91 Å². The Bertz CT molecular complexity index is 641. The number of anilines is 1. The second kappa shape index (κ2) is 6.48. The van der Waals surface area contributed by atoms with Crippen LogP contribution in [0.3, 0.4) is 0 Å². The van der Waals surface area contributed by atoms with Crippen molar-refractivity contribution in [2.75, 3.05) is 12.4 Å². The standard InChI is InChI=1S/C14H10BrCl2NO2/c1-20-12-6-5-8(7-9(12)15)14(19)18-13-10(16)3-2-4-11(13)17/h2-7H,1H3,(H,18,19). The lowest BCUT2D eigenvalue weighted by molar-refractivity contribution is 0.102. The Morgan fingerprint density at radius 2 is 1.85 bits per heavy atom. The number of nitrogens with one attached hydrogen (secondary N) is 1. The third kappa shape index (κ3) is 3.26. The Balaban J connectivity index is 2.26. The van der Waals surface area contributed by atoms with Crippen molar-refractivity contribution in [3.8, 4) is 5.75 Å². The number of carbonyl (C=O) groups is 1. The molecule has 3 nitrogen and oxygen atoms in total. The third-order valence-electron chi connectivity index (χ3n) is 2.62. The van der Waals surface area contributed by atoms with Crippen molar-refractivity contribution in [1.29, 1.82) is 0 Å². The van der Waals surface area contributed by atoms with Gasteiger partial charge in [0.05, 0.1) is 27.3 Å². The van der Waals surface area contributed by atoms with Gasteiger partial charge in [0, 0.05) is 5.56 Å². The van der Waals surface area contributed by atoms with Crippen molar-refractivity contribution in [2.24, 2.45) is 0 Å². The van der Waals surface area contributed by atoms with Crippen LogP contribution in [0.2, 0.25) is 10.0 Å². The van der Waals surface area contributed by atoms with E-state index in [0.717, 1.165) is 0 Å². The van der Waals surface area contributed by atoms with Crippen molar-refractivity contribution in [3.63, 3.8) is 0 Å². The van der Waals surface area contributed by atoms with Crippen LogP contribution in [0.25, 0.3) is 0 Å². The van der Waals surface area contributed by atoms with E-state index in [4.69, 9.17) is 27.9 Å². The van der Waals surface area contributed by atoms with Gasteiger partial charge in [0.25, 0.3) is 5.91 Å². The van der Waals surface area contributed by atoms with E-state index in [1.54, 1.807) is 43.5 Å². The summed E-state index contributed by atoms with van der Waals surface area (Å²) in [4.78, 5) is 12.2. The van der Waals surface area contributed by atoms with Crippen LogP contribution in [0.5, 0.6) is 5.75 Å². The third-order valence-corrected chi connectivity index (χ3v) is 3.86. The Kier molecular flexibility index (Phi) is 4.91. The van der Waals surface area contributed by atoms with Crippen molar-refractivity contribution < 1.29 is 9.53 Å². The minimum atomic E-state index is -0.302. The van der Waals surface area contributed by atoms with Crippen LogP contribution in [0.15, 0.2) is 40.9 Å². The SMILES string of the molecule is COc1ccc(C(=O)Nc2c(Cl)cccc2Cl)cc1Br. The van der Waals surface area contributed by atoms with Gasteiger partial charge >= 0.3 is 0 Å². The minimum absolute atomic E-state index is 0.302. The lowest BCUT2D eigenvalue weighted by atomic mass is 10.2. The molecule has 0 aliphatic carbocycles. The van der Waals surface area contributed by atoms with Gasteiger partial charge in [-0.2, -0.15) is 0 Å². The number of methoxy groups -OCH3 is 1. The van der Waals surface area contributed by atoms with Crippen molar-refractivity contribution in [2.45, 2.75) is 0 Å². The highest BCUT2D eigenvalue weighted by Crippen LogP contribution is 2.31. The summed E-state index contributed by atoms with van der Waals surface area (Å²) in [6.07, 6.45) is 0. The van der Waals surface area contributed by atoms with E-state index in [9.17, 15) is 4.79 Å². The van der Waals surface area contributed by atoms with Crippen LogP contribution in [-0.2, 0) is 0 Å². The lowest BCUT2D eigenvalue weighted by Crippen LogP contribution is -2.12. The Labute approximate surface area is 135 Å². The fraction of sp³-hybridized carbons (Fsp3) is 0.0714. The fourth-order valence-corrected chi connectivity index (χ4v) is 2.64. The molecule has 0 aliphatic heterocycles. The predicted molar refractivity (Wildman–Crippen MR) is 85.1 cm³/mol. The average molecular weight is 375 g/mol. The van der Waals surface area contributed by atoms with Crippen LogP contribution in [0.4, 0.5) is 5.69 Å². The summed E-state index contributed by atoms with van der Waals surface area (Å²) in [5.41, 5.74) is 0.862. The number of halogens is 3. The van der Waals surface area contributed by atoms with E-state index in [0.29, 0.717) is 31.5 Å². The second-order valence-electron chi connectivity index (χ2n) is 3.90. The average Bonchev–Trinajstić information content (AvgIpc) is 2.42. The first-order valence-corrected chi connectivity index (χ1v) is 7.16. The van der Waals surface area contributed by atoms with Crippen LogP contribution < -0.4 is 10.1 Å². The second-order valence-corrected chi connectivity index (χ2v) is 5.57. The zero-order chi connectivity index (χ0) is 14.7. The molecule has 20 heavy (non-hydrogen) atoms. The molecule has 0 heterocycles. The van der Waals surface area contributed by atoms with Gasteiger partial charge in [-0.25, -0.2) is 0 Å². The molecule has 2 aromatic rings. The zero-order valence-corrected chi connectivity index (χ0v) is 13.5. The monoisotopic (exact) mass is 373 g/mol. The molecule has 0 saturated carbocycles. The molecule has 1 amide bonds. The number of carbonyl (C=O) groups excluding carboxylic acids is 1. The Morgan fingerprint density at radius 1 is 1.20 bits per heavy atom. The van der Waals surface area contributed by atoms with E-state index < -0.39 is 0 Å². The highest BCUT2D eigenvalue weighted by atomic mass is 79.9. The van der Waals surface area contributed by atoms with Gasteiger partial charge in [-0.3, -0.25) is 4.79 Å². The Morgan fingerprint density at radius 3 is 2.40 bits per heavy atom. The maximum absolute atomic E-state index is 12.2. The topological polar surface area (TPSA) is 38.3 Å². The normalized spacial score (nSPS) is 10.2. The molecule has 0 fully saturated rings. The first-order valence-electron chi connectivity index (χ1n) is 5.62. The molecule has 2 rings (SSSR count). The number of para-hydroxylation sites is 1. The number of rotatable bonds is 3. The zero-order valence-electron chi connectivity index (χ0n) is 10.4. The highest BCUT2D eigenvalue weighted by molar-refractivity contribution is 9.10. The minimum Gasteiger partial charge on any atom is -0.496 e. The Hall–Kier alpha value is -1.23. The van der Waals surface area contributed by atoms with Crippen LogP contribution >= 0.6 is 39.1 Å². The van der Waals surface area contributed by atoms with Crippen LogP contribution in [0, 0.1) is 0 Å². The van der Waals surface area contributed by atoms with Crippen molar-refractivity contribution >= 4 is 50.7 Å². The molecular weight excluding hydrogens is 365 g/mol. The summed E-state index contributed by atoms with van der Waals surface area (Å²) in [6, 6.07) is 10.1. The van der Waals surface area contributed by atoms with Crippen molar-refractivity contribution in [3.05, 3.63) is 56.5 Å². The van der Waals surface area contributed by atoms with Crippen molar-refractivity contribution in [1.82, 2.24) is 0 Å². The van der Waals surface area contributed by atoms with E-state index in [2.05, 4.69) is 21.2 Å². The maximum Gasteiger partial charge on any atom is 0.255 e. The largest absolute Gasteiger partial charge is 0.496 e. The molecule has 0 radical (unpaired) electrons. The fourth-order valence-electron chi connectivity index (χ4n) is 1.61. The first-order chi connectivity index (χ1) is 9.52. The summed E-state index contributed by atoms with van der Waals surface area (Å²) in [7, 11) is 1.56. The van der Waals surface area contributed by atoms with Gasteiger partial charge in [0.15, 0.2) is 0 Å². The summed E-state index contributed by atoms with van der Waals surface area (Å²) in [6.45, 7) is 0. The molecule has 0 atom stereocenters. The molecule has 2 aromatic carbocycles. The van der Waals surface area contributed by atoms with Gasteiger partial charge in [0.2, 0.25) is 0 Å². The molecule has 0 aromatic heterocycles. The smallest absolute Gasteiger partial charge is 0.255 e. The highest BCUT2D eigenvalue weighted by Gasteiger charge is 2.12. The van der Waals surface area contributed by atoms with Gasteiger partial charge in [0.1, 0.15) is 5.75 Å². The van der Waals surface area contributed by atoms with Crippen LogP contribution in [-0.4, -0.2) is 13.0 Å². The molecule has 0 bridgehead atoms. The molecule has 0 spiro atoms. The molecule has 104 valence electrons. The number of hydrogen-bond acceptors (Lipinski definition) is 2. The number of hydrogen-bond donors (Lipinski definition) is 1. The van der Waals surface area contributed by atoms with E-state index >= 15 is 0 Å². The van der Waals surface area contributed by atoms with Gasteiger partial charge in [-0.1, -0.05) is 29.3 Å². The quantitative estimate of drug-likeness (QED) is 0.819. The summed E-state index contributed by atoms with van der Waals surface area (Å²) in [5.74, 6) is 0.348. The number of ether oxygens (including phenoxy) is 1. The molecule has 0 saturated heterocycles. The summed E-state index contributed by atoms with van der Waals surface area (Å²) in [5, 5.41) is 3.47. The van der Waals surface area contributed by atoms with Gasteiger partial charge < -0.3 is 10.1 Å². The summed E-state index contributed by atoms with van der Waals surface area (Å²) < 4.78 is 5.81. The first kappa shape index (κ1) is 15.2. The lowest BCUT2D eigenvalue weighted by Gasteiger charge is -2.10. The van der Waals surface area contributed by atoms with Gasteiger partial charge in [-0.05, 0) is 46.3 Å². The van der Waals surface area contributed by atoms with Gasteiger partial charge in [-0.15, -0.1) is 0 Å². The molecule has 0 unspecified atom stereocenters. The molecule has 6 heteroatoms. The molecule has 0 aliphatic rings. The summed E-state index contributed by atoms with van der Waals surface area (Å²) >= 11 is 15.4. The van der Waals surface area contributed by atoms with E-state index in [1.165, 1.54) is 0 Å². The van der Waals surface area contributed by atoms with E-state index in [1.807, 2.05) is 0 Å². The molecule has 1 N–H and O–H groups in total. The van der Waals surface area contributed by atoms with Crippen LogP contribution in [0.1, 0.15) is 10.4 Å². The maximum atomic E-state index is 12.2. The molecular formula is C14H10BrCl2NO2. The number of benzene rings is 2. The predicted octanol–water partition coefficient (Wildman–Crippen LogP) is 5.02. The number of amides is 1.